The van der Waals surface area contributed by atoms with Crippen LogP contribution in [0.25, 0.3) is 0 Å². The van der Waals surface area contributed by atoms with E-state index in [1.165, 1.54) is 7.11 Å². The fraction of sp³-hybridized carbons (Fsp3) is 0.625. The van der Waals surface area contributed by atoms with E-state index in [-0.39, 0.29) is 18.4 Å². The van der Waals surface area contributed by atoms with Crippen LogP contribution < -0.4 is 12.4 Å². The zero-order valence-corrected chi connectivity index (χ0v) is 8.81. The third-order valence-electron chi connectivity index (χ3n) is 1.14. The second-order valence-electron chi connectivity index (χ2n) is 3.54. The molecule has 0 aromatic rings. The fourth-order valence-electron chi connectivity index (χ4n) is 0.781. The molecule has 0 aromatic heterocycles. The molecule has 0 N–H and O–H groups in total. The van der Waals surface area contributed by atoms with E-state index in [4.69, 9.17) is 0 Å². The molecule has 4 heteroatoms. The summed E-state index contributed by atoms with van der Waals surface area (Å²) in [7, 11) is 7.35. The van der Waals surface area contributed by atoms with Crippen molar-refractivity contribution in [1.82, 2.24) is 0 Å². The standard InChI is InChI=1S/C8H16NO2.ClH/c1-7(8(10)11-5)6-9(2,3)4;/h1,6H2,2-5H3;1H/q+1;/p-1. The first-order chi connectivity index (χ1) is 4.87. The molecule has 3 nitrogen and oxygen atoms in total. The predicted molar refractivity (Wildman–Crippen MR) is 44.1 cm³/mol. The summed E-state index contributed by atoms with van der Waals surface area (Å²) in [6.07, 6.45) is 0. The van der Waals surface area contributed by atoms with E-state index in [1.54, 1.807) is 0 Å². The van der Waals surface area contributed by atoms with Gasteiger partial charge >= 0.3 is 5.97 Å². The topological polar surface area (TPSA) is 26.3 Å². The zero-order valence-electron chi connectivity index (χ0n) is 8.06. The van der Waals surface area contributed by atoms with Crippen molar-refractivity contribution in [2.24, 2.45) is 0 Å². The van der Waals surface area contributed by atoms with Gasteiger partial charge in [0.1, 0.15) is 6.54 Å². The average Bonchev–Trinajstić information content (AvgIpc) is 1.82. The lowest BCUT2D eigenvalue weighted by Crippen LogP contribution is -3.00. The molecule has 0 aromatic carbocycles. The second-order valence-corrected chi connectivity index (χ2v) is 3.54. The monoisotopic (exact) mass is 193 g/mol. The Bertz CT molecular complexity index is 172. The second kappa shape index (κ2) is 5.17. The molecule has 0 unspecified atom stereocenters. The summed E-state index contributed by atoms with van der Waals surface area (Å²) < 4.78 is 5.20. The van der Waals surface area contributed by atoms with Crippen molar-refractivity contribution in [2.75, 3.05) is 34.8 Å². The van der Waals surface area contributed by atoms with Crippen LogP contribution in [0, 0.1) is 0 Å². The number of ether oxygens (including phenoxy) is 1. The Kier molecular flexibility index (Phi) is 6.03. The normalized spacial score (nSPS) is 10.0. The molecule has 72 valence electrons. The molecular formula is C8H16ClNO2. The Balaban J connectivity index is 0. The molecule has 0 atom stereocenters. The Labute approximate surface area is 80.0 Å². The van der Waals surface area contributed by atoms with Gasteiger partial charge in [-0.2, -0.15) is 0 Å². The third kappa shape index (κ3) is 6.19. The van der Waals surface area contributed by atoms with E-state index in [0.29, 0.717) is 16.6 Å². The summed E-state index contributed by atoms with van der Waals surface area (Å²) in [5.41, 5.74) is 0.514. The van der Waals surface area contributed by atoms with Gasteiger partial charge in [-0.25, -0.2) is 4.79 Å². The lowest BCUT2D eigenvalue weighted by atomic mass is 10.3. The maximum Gasteiger partial charge on any atom is 0.338 e. The molecule has 0 saturated carbocycles. The number of hydrogen-bond acceptors (Lipinski definition) is 2. The smallest absolute Gasteiger partial charge is 0.338 e. The molecule has 0 amide bonds. The maximum absolute atomic E-state index is 10.9. The highest BCUT2D eigenvalue weighted by Crippen LogP contribution is 2.00. The first kappa shape index (κ1) is 14.0. The van der Waals surface area contributed by atoms with Crippen molar-refractivity contribution in [1.29, 1.82) is 0 Å². The number of carbonyl (C=O) groups excluding carboxylic acids is 1. The molecule has 0 spiro atoms. The van der Waals surface area contributed by atoms with Gasteiger partial charge in [0.05, 0.1) is 33.8 Å². The fourth-order valence-corrected chi connectivity index (χ4v) is 0.781. The summed E-state index contributed by atoms with van der Waals surface area (Å²) in [6, 6.07) is 0. The minimum atomic E-state index is -0.321. The van der Waals surface area contributed by atoms with Crippen LogP contribution in [-0.2, 0) is 9.53 Å². The van der Waals surface area contributed by atoms with E-state index in [2.05, 4.69) is 11.3 Å². The van der Waals surface area contributed by atoms with Crippen LogP contribution >= 0.6 is 0 Å². The van der Waals surface area contributed by atoms with Crippen LogP contribution in [0.15, 0.2) is 12.2 Å². The van der Waals surface area contributed by atoms with Crippen LogP contribution in [0.4, 0.5) is 0 Å². The van der Waals surface area contributed by atoms with Crippen molar-refractivity contribution in [3.8, 4) is 0 Å². The molecule has 0 fully saturated rings. The summed E-state index contributed by atoms with van der Waals surface area (Å²) >= 11 is 0. The van der Waals surface area contributed by atoms with Crippen LogP contribution in [0.5, 0.6) is 0 Å². The quantitative estimate of drug-likeness (QED) is 0.280. The lowest BCUT2D eigenvalue weighted by molar-refractivity contribution is -0.865. The van der Waals surface area contributed by atoms with Gasteiger partial charge in [0.2, 0.25) is 0 Å². The first-order valence-corrected chi connectivity index (χ1v) is 3.43. The summed E-state index contributed by atoms with van der Waals surface area (Å²) in [4.78, 5) is 10.9. The molecule has 0 heterocycles. The van der Waals surface area contributed by atoms with Crippen molar-refractivity contribution in [3.05, 3.63) is 12.2 Å². The third-order valence-corrected chi connectivity index (χ3v) is 1.14. The number of halogens is 1. The van der Waals surface area contributed by atoms with Crippen LogP contribution in [0.1, 0.15) is 0 Å². The Morgan fingerprint density at radius 3 is 2.08 bits per heavy atom. The molecule has 0 saturated heterocycles. The van der Waals surface area contributed by atoms with Gasteiger partial charge in [0, 0.05) is 0 Å². The van der Waals surface area contributed by atoms with Crippen LogP contribution in [0.2, 0.25) is 0 Å². The number of carbonyl (C=O) groups is 1. The predicted octanol–water partition coefficient (Wildman–Crippen LogP) is -2.57. The maximum atomic E-state index is 10.9. The number of rotatable bonds is 3. The number of hydrogen-bond donors (Lipinski definition) is 0. The minimum absolute atomic E-state index is 0. The van der Waals surface area contributed by atoms with Gasteiger partial charge in [-0.1, -0.05) is 6.58 Å². The summed E-state index contributed by atoms with van der Waals surface area (Å²) in [6.45, 7) is 4.24. The number of likely N-dealkylation sites (N-methyl/N-ethyl adjacent to an activating group) is 1. The molecular weight excluding hydrogens is 178 g/mol. The highest BCUT2D eigenvalue weighted by molar-refractivity contribution is 5.87. The van der Waals surface area contributed by atoms with Gasteiger partial charge in [0.25, 0.3) is 0 Å². The summed E-state index contributed by atoms with van der Waals surface area (Å²) in [5.74, 6) is -0.321. The average molecular weight is 194 g/mol. The molecule has 0 radical (unpaired) electrons. The van der Waals surface area contributed by atoms with Crippen LogP contribution in [-0.4, -0.2) is 45.2 Å². The van der Waals surface area contributed by atoms with Crippen molar-refractivity contribution in [3.63, 3.8) is 0 Å². The van der Waals surface area contributed by atoms with E-state index >= 15 is 0 Å². The first-order valence-electron chi connectivity index (χ1n) is 3.43. The van der Waals surface area contributed by atoms with E-state index in [1.807, 2.05) is 21.1 Å². The molecule has 0 bridgehead atoms. The van der Waals surface area contributed by atoms with E-state index in [9.17, 15) is 4.79 Å². The molecule has 0 aliphatic heterocycles. The van der Waals surface area contributed by atoms with Crippen LogP contribution in [0.3, 0.4) is 0 Å². The van der Waals surface area contributed by atoms with Gasteiger partial charge in [-0.15, -0.1) is 0 Å². The largest absolute Gasteiger partial charge is 1.00 e. The Morgan fingerprint density at radius 1 is 1.42 bits per heavy atom. The van der Waals surface area contributed by atoms with E-state index < -0.39 is 0 Å². The van der Waals surface area contributed by atoms with Crippen molar-refractivity contribution >= 4 is 5.97 Å². The SMILES string of the molecule is C=C(C[N+](C)(C)C)C(=O)OC.[Cl-]. The van der Waals surface area contributed by atoms with Crippen molar-refractivity contribution < 1.29 is 26.4 Å². The molecule has 12 heavy (non-hydrogen) atoms. The number of nitrogens with zero attached hydrogens (tertiary/aromatic N) is 1. The van der Waals surface area contributed by atoms with Gasteiger partial charge in [-0.05, 0) is 0 Å². The highest BCUT2D eigenvalue weighted by atomic mass is 35.5. The number of quaternary nitrogens is 1. The molecule has 0 aliphatic rings. The van der Waals surface area contributed by atoms with Gasteiger partial charge < -0.3 is 21.6 Å². The summed E-state index contributed by atoms with van der Waals surface area (Å²) in [5, 5.41) is 0. The zero-order chi connectivity index (χ0) is 9.07. The lowest BCUT2D eigenvalue weighted by Gasteiger charge is -2.23. The van der Waals surface area contributed by atoms with E-state index in [0.717, 1.165) is 0 Å². The number of esters is 1. The molecule has 0 rings (SSSR count). The Hall–Kier alpha value is -0.540. The van der Waals surface area contributed by atoms with Gasteiger partial charge in [0.15, 0.2) is 0 Å². The Morgan fingerprint density at radius 2 is 1.83 bits per heavy atom. The molecule has 0 aliphatic carbocycles. The minimum Gasteiger partial charge on any atom is -1.00 e. The van der Waals surface area contributed by atoms with Crippen molar-refractivity contribution in [2.45, 2.75) is 0 Å². The highest BCUT2D eigenvalue weighted by Gasteiger charge is 2.15. The number of methoxy groups -OCH3 is 1. The van der Waals surface area contributed by atoms with Gasteiger partial charge in [-0.3, -0.25) is 0 Å².